The number of alkyl halides is 3. The van der Waals surface area contributed by atoms with Crippen molar-refractivity contribution in [2.24, 2.45) is 0 Å². The van der Waals surface area contributed by atoms with E-state index in [0.29, 0.717) is 4.88 Å². The molecular weight excluding hydrogens is 341 g/mol. The fraction of sp³-hybridized carbons (Fsp3) is 0.125. The monoisotopic (exact) mass is 352 g/mol. The largest absolute Gasteiger partial charge is 0.477 e. The number of halogens is 3. The smallest absolute Gasteiger partial charge is 0.435 e. The van der Waals surface area contributed by atoms with Crippen molar-refractivity contribution in [2.75, 3.05) is 0 Å². The lowest BCUT2D eigenvalue weighted by Crippen LogP contribution is -2.09. The Labute approximate surface area is 138 Å². The number of nitrogens with zero attached hydrogens (tertiary/aromatic N) is 2. The third-order valence-electron chi connectivity index (χ3n) is 3.31. The number of thiophene rings is 1. The van der Waals surface area contributed by atoms with Crippen LogP contribution in [0.1, 0.15) is 20.9 Å². The zero-order chi connectivity index (χ0) is 17.3. The Hall–Kier alpha value is -2.61. The van der Waals surface area contributed by atoms with E-state index in [9.17, 15) is 18.0 Å². The van der Waals surface area contributed by atoms with Crippen LogP contribution in [0.2, 0.25) is 0 Å². The van der Waals surface area contributed by atoms with Crippen LogP contribution in [0, 0.1) is 0 Å². The Morgan fingerprint density at radius 1 is 1.17 bits per heavy atom. The zero-order valence-corrected chi connectivity index (χ0v) is 12.9. The molecule has 0 aliphatic rings. The van der Waals surface area contributed by atoms with Crippen LogP contribution in [0.3, 0.4) is 0 Å². The minimum Gasteiger partial charge on any atom is -0.477 e. The molecule has 0 atom stereocenters. The molecule has 2 heterocycles. The number of aromatic carboxylic acids is 1. The number of hydrogen-bond acceptors (Lipinski definition) is 3. The molecule has 0 amide bonds. The van der Waals surface area contributed by atoms with Gasteiger partial charge in [0, 0.05) is 0 Å². The van der Waals surface area contributed by atoms with Crippen LogP contribution in [0.5, 0.6) is 0 Å². The van der Waals surface area contributed by atoms with Crippen LogP contribution in [-0.4, -0.2) is 20.9 Å². The highest BCUT2D eigenvalue weighted by Gasteiger charge is 2.35. The number of aromatic nitrogens is 2. The molecule has 4 nitrogen and oxygen atoms in total. The molecule has 24 heavy (non-hydrogen) atoms. The van der Waals surface area contributed by atoms with Gasteiger partial charge in [0.05, 0.1) is 17.1 Å². The maximum Gasteiger partial charge on any atom is 0.435 e. The highest BCUT2D eigenvalue weighted by atomic mass is 32.1. The van der Waals surface area contributed by atoms with E-state index in [1.165, 1.54) is 16.8 Å². The molecule has 124 valence electrons. The van der Waals surface area contributed by atoms with E-state index in [-0.39, 0.29) is 17.1 Å². The van der Waals surface area contributed by atoms with Gasteiger partial charge in [0.2, 0.25) is 0 Å². The Morgan fingerprint density at radius 3 is 2.46 bits per heavy atom. The Bertz CT molecular complexity index is 869. The van der Waals surface area contributed by atoms with Gasteiger partial charge in [-0.3, -0.25) is 4.68 Å². The van der Waals surface area contributed by atoms with Crippen molar-refractivity contribution in [2.45, 2.75) is 12.7 Å². The van der Waals surface area contributed by atoms with Gasteiger partial charge in [-0.15, -0.1) is 11.3 Å². The summed E-state index contributed by atoms with van der Waals surface area (Å²) in [6, 6.07) is 12.8. The van der Waals surface area contributed by atoms with Crippen molar-refractivity contribution >= 4 is 17.3 Å². The molecule has 2 aromatic heterocycles. The summed E-state index contributed by atoms with van der Waals surface area (Å²) < 4.78 is 40.3. The van der Waals surface area contributed by atoms with Gasteiger partial charge >= 0.3 is 12.1 Å². The number of carboxylic acids is 1. The van der Waals surface area contributed by atoms with Crippen LogP contribution in [0.25, 0.3) is 10.6 Å². The normalized spacial score (nSPS) is 11.6. The first-order chi connectivity index (χ1) is 11.3. The maximum atomic E-state index is 13.0. The van der Waals surface area contributed by atoms with Gasteiger partial charge in [0.1, 0.15) is 4.88 Å². The number of rotatable bonds is 4. The molecule has 3 aromatic rings. The van der Waals surface area contributed by atoms with Gasteiger partial charge in [-0.1, -0.05) is 30.3 Å². The third-order valence-corrected chi connectivity index (χ3v) is 4.41. The lowest BCUT2D eigenvalue weighted by atomic mass is 10.2. The summed E-state index contributed by atoms with van der Waals surface area (Å²) in [6.45, 7) is 0.159. The standard InChI is InChI=1S/C16H11F3N2O2S/c17-16(18,19)14-8-11(12-6-7-13(24-12)15(22)23)21(20-14)9-10-4-2-1-3-5-10/h1-8H,9H2,(H,22,23). The summed E-state index contributed by atoms with van der Waals surface area (Å²) in [5, 5.41) is 12.7. The van der Waals surface area contributed by atoms with E-state index in [2.05, 4.69) is 5.10 Å². The van der Waals surface area contributed by atoms with Crippen molar-refractivity contribution in [1.29, 1.82) is 0 Å². The van der Waals surface area contributed by atoms with Crippen LogP contribution >= 0.6 is 11.3 Å². The van der Waals surface area contributed by atoms with Crippen molar-refractivity contribution in [1.82, 2.24) is 9.78 Å². The minimum absolute atomic E-state index is 0.0611. The number of hydrogen-bond donors (Lipinski definition) is 1. The maximum absolute atomic E-state index is 13.0. The SMILES string of the molecule is O=C(O)c1ccc(-c2cc(C(F)(F)F)nn2Cc2ccccc2)s1. The molecule has 0 aliphatic carbocycles. The van der Waals surface area contributed by atoms with E-state index >= 15 is 0 Å². The van der Waals surface area contributed by atoms with Crippen molar-refractivity contribution in [3.63, 3.8) is 0 Å². The molecule has 0 spiro atoms. The fourth-order valence-electron chi connectivity index (χ4n) is 2.22. The van der Waals surface area contributed by atoms with Gasteiger partial charge < -0.3 is 5.11 Å². The summed E-state index contributed by atoms with van der Waals surface area (Å²) in [6.07, 6.45) is -4.57. The summed E-state index contributed by atoms with van der Waals surface area (Å²) >= 11 is 0.915. The first kappa shape index (κ1) is 16.3. The minimum atomic E-state index is -4.57. The second-order valence-corrected chi connectivity index (χ2v) is 6.11. The molecule has 0 radical (unpaired) electrons. The molecule has 0 unspecified atom stereocenters. The predicted octanol–water partition coefficient (Wildman–Crippen LogP) is 4.38. The van der Waals surface area contributed by atoms with Gasteiger partial charge in [-0.2, -0.15) is 18.3 Å². The first-order valence-corrected chi connectivity index (χ1v) is 7.69. The van der Waals surface area contributed by atoms with Crippen molar-refractivity contribution in [3.05, 3.63) is 64.7 Å². The number of benzene rings is 1. The topological polar surface area (TPSA) is 55.1 Å². The average Bonchev–Trinajstić information content (AvgIpc) is 3.14. The summed E-state index contributed by atoms with van der Waals surface area (Å²) in [4.78, 5) is 11.5. The Kier molecular flexibility index (Phi) is 4.15. The van der Waals surface area contributed by atoms with Crippen molar-refractivity contribution in [3.8, 4) is 10.6 Å². The number of carboxylic acid groups (broad SMARTS) is 1. The molecule has 0 saturated heterocycles. The summed E-state index contributed by atoms with van der Waals surface area (Å²) in [7, 11) is 0. The predicted molar refractivity (Wildman–Crippen MR) is 83.0 cm³/mol. The fourth-order valence-corrected chi connectivity index (χ4v) is 3.09. The van der Waals surface area contributed by atoms with Crippen LogP contribution in [0.15, 0.2) is 48.5 Å². The Morgan fingerprint density at radius 2 is 1.88 bits per heavy atom. The van der Waals surface area contributed by atoms with Crippen LogP contribution in [0.4, 0.5) is 13.2 Å². The zero-order valence-electron chi connectivity index (χ0n) is 12.1. The quantitative estimate of drug-likeness (QED) is 0.758. The average molecular weight is 352 g/mol. The highest BCUT2D eigenvalue weighted by molar-refractivity contribution is 7.17. The lowest BCUT2D eigenvalue weighted by Gasteiger charge is -2.06. The molecule has 1 N–H and O–H groups in total. The summed E-state index contributed by atoms with van der Waals surface area (Å²) in [5.74, 6) is -1.11. The van der Waals surface area contributed by atoms with Gasteiger partial charge in [-0.05, 0) is 23.8 Å². The number of carbonyl (C=O) groups is 1. The Balaban J connectivity index is 2.05. The molecule has 0 saturated carbocycles. The second-order valence-electron chi connectivity index (χ2n) is 5.02. The van der Waals surface area contributed by atoms with E-state index in [1.807, 2.05) is 6.07 Å². The van der Waals surface area contributed by atoms with E-state index in [0.717, 1.165) is 23.0 Å². The molecule has 3 rings (SSSR count). The van der Waals surface area contributed by atoms with E-state index < -0.39 is 17.8 Å². The van der Waals surface area contributed by atoms with E-state index in [1.54, 1.807) is 24.3 Å². The third kappa shape index (κ3) is 3.33. The van der Waals surface area contributed by atoms with Crippen LogP contribution in [-0.2, 0) is 12.7 Å². The molecule has 0 fully saturated rings. The molecule has 0 aliphatic heterocycles. The highest BCUT2D eigenvalue weighted by Crippen LogP contribution is 2.34. The van der Waals surface area contributed by atoms with Gasteiger partial charge in [-0.25, -0.2) is 4.79 Å². The van der Waals surface area contributed by atoms with Crippen LogP contribution < -0.4 is 0 Å². The van der Waals surface area contributed by atoms with Gasteiger partial charge in [0.15, 0.2) is 5.69 Å². The lowest BCUT2D eigenvalue weighted by molar-refractivity contribution is -0.141. The first-order valence-electron chi connectivity index (χ1n) is 6.87. The second kappa shape index (κ2) is 6.12. The molecule has 1 aromatic carbocycles. The molecular formula is C16H11F3N2O2S. The van der Waals surface area contributed by atoms with E-state index in [4.69, 9.17) is 5.11 Å². The van der Waals surface area contributed by atoms with Gasteiger partial charge in [0.25, 0.3) is 0 Å². The van der Waals surface area contributed by atoms with Crippen molar-refractivity contribution < 1.29 is 23.1 Å². The molecule has 0 bridgehead atoms. The summed E-state index contributed by atoms with van der Waals surface area (Å²) in [5.41, 5.74) is 0.0352. The molecule has 8 heteroatoms.